The van der Waals surface area contributed by atoms with Crippen LogP contribution in [0.3, 0.4) is 0 Å². The second kappa shape index (κ2) is 4.09. The van der Waals surface area contributed by atoms with E-state index in [1.54, 1.807) is 0 Å². The highest BCUT2D eigenvalue weighted by atomic mass is 32.2. The zero-order valence-electron chi connectivity index (χ0n) is 9.58. The summed E-state index contributed by atoms with van der Waals surface area (Å²) in [4.78, 5) is 23.8. The number of amides is 1. The molecule has 7 heteroatoms. The van der Waals surface area contributed by atoms with Gasteiger partial charge in [0, 0.05) is 6.26 Å². The Hall–Kier alpha value is -1.89. The van der Waals surface area contributed by atoms with Gasteiger partial charge in [-0.15, -0.1) is 0 Å². The van der Waals surface area contributed by atoms with Crippen molar-refractivity contribution >= 4 is 27.2 Å². The molecular weight excluding hydrogens is 258 g/mol. The molecule has 1 saturated heterocycles. The summed E-state index contributed by atoms with van der Waals surface area (Å²) in [7, 11) is -3.44. The topological polar surface area (TPSA) is 91.8 Å². The average molecular weight is 269 g/mol. The van der Waals surface area contributed by atoms with Crippen molar-refractivity contribution in [2.75, 3.05) is 17.7 Å². The zero-order valence-corrected chi connectivity index (χ0v) is 10.4. The largest absolute Gasteiger partial charge is 0.506 e. The molecule has 1 aliphatic rings. The van der Waals surface area contributed by atoms with E-state index in [2.05, 4.69) is 0 Å². The van der Waals surface area contributed by atoms with Crippen LogP contribution in [0.1, 0.15) is 6.42 Å². The maximum atomic E-state index is 11.5. The summed E-state index contributed by atoms with van der Waals surface area (Å²) in [5.74, 6) is -0.935. The summed E-state index contributed by atoms with van der Waals surface area (Å²) in [5, 5.41) is 9.67. The van der Waals surface area contributed by atoms with Crippen molar-refractivity contribution in [3.63, 3.8) is 0 Å². The van der Waals surface area contributed by atoms with E-state index in [0.717, 1.165) is 11.2 Å². The summed E-state index contributed by atoms with van der Waals surface area (Å²) < 4.78 is 22.8. The van der Waals surface area contributed by atoms with E-state index in [1.807, 2.05) is 0 Å². The van der Waals surface area contributed by atoms with Crippen molar-refractivity contribution in [1.29, 1.82) is 0 Å². The Morgan fingerprint density at radius 3 is 2.44 bits per heavy atom. The van der Waals surface area contributed by atoms with E-state index >= 15 is 0 Å². The second-order valence-corrected chi connectivity index (χ2v) is 6.13. The van der Waals surface area contributed by atoms with Gasteiger partial charge in [-0.05, 0) is 18.2 Å². The Balaban J connectivity index is 2.51. The molecule has 1 aromatic rings. The number of sulfone groups is 1. The quantitative estimate of drug-likeness (QED) is 0.769. The number of ketones is 1. The molecule has 0 aliphatic carbocycles. The van der Waals surface area contributed by atoms with Crippen LogP contribution in [0.25, 0.3) is 0 Å². The van der Waals surface area contributed by atoms with Gasteiger partial charge in [0.05, 0.1) is 23.5 Å². The van der Waals surface area contributed by atoms with E-state index in [4.69, 9.17) is 0 Å². The lowest BCUT2D eigenvalue weighted by Crippen LogP contribution is -2.24. The van der Waals surface area contributed by atoms with Gasteiger partial charge in [-0.1, -0.05) is 0 Å². The molecule has 0 aromatic heterocycles. The van der Waals surface area contributed by atoms with Crippen LogP contribution >= 0.6 is 0 Å². The minimum Gasteiger partial charge on any atom is -0.506 e. The van der Waals surface area contributed by atoms with E-state index in [9.17, 15) is 23.1 Å². The van der Waals surface area contributed by atoms with E-state index < -0.39 is 15.7 Å². The molecule has 1 aromatic carbocycles. The van der Waals surface area contributed by atoms with Gasteiger partial charge in [-0.3, -0.25) is 9.59 Å². The number of carbonyl (C=O) groups excluding carboxylic acids is 2. The van der Waals surface area contributed by atoms with E-state index in [-0.39, 0.29) is 35.1 Å². The third kappa shape index (κ3) is 2.21. The third-order valence-electron chi connectivity index (χ3n) is 2.65. The molecule has 0 bridgehead atoms. The molecule has 0 saturated carbocycles. The highest BCUT2D eigenvalue weighted by molar-refractivity contribution is 7.90. The molecular formula is C11H11NO5S. The number of nitrogens with zero attached hydrogens (tertiary/aromatic N) is 1. The fourth-order valence-corrected chi connectivity index (χ4v) is 2.40. The van der Waals surface area contributed by atoms with Crippen molar-refractivity contribution in [3.8, 4) is 5.75 Å². The van der Waals surface area contributed by atoms with Crippen molar-refractivity contribution in [2.24, 2.45) is 0 Å². The number of hydrogen-bond acceptors (Lipinski definition) is 5. The van der Waals surface area contributed by atoms with Gasteiger partial charge in [-0.2, -0.15) is 0 Å². The Labute approximate surface area is 104 Å². The summed E-state index contributed by atoms with van der Waals surface area (Å²) in [5.41, 5.74) is 0.0498. The maximum absolute atomic E-state index is 11.5. The van der Waals surface area contributed by atoms with Crippen LogP contribution in [0.4, 0.5) is 5.69 Å². The number of rotatable bonds is 2. The lowest BCUT2D eigenvalue weighted by atomic mass is 10.2. The Morgan fingerprint density at radius 1 is 1.28 bits per heavy atom. The highest BCUT2D eigenvalue weighted by Gasteiger charge is 2.30. The molecule has 0 radical (unpaired) electrons. The summed E-state index contributed by atoms with van der Waals surface area (Å²) in [6.07, 6.45) is 0.808. The number of carbonyl (C=O) groups is 2. The Morgan fingerprint density at radius 2 is 1.94 bits per heavy atom. The SMILES string of the molecule is CS(=O)(=O)c1ccc(O)c(N2CC(=O)CC2=O)c1. The van der Waals surface area contributed by atoms with Gasteiger partial charge in [0.2, 0.25) is 5.91 Å². The number of phenolic OH excluding ortho intramolecular Hbond substituents is 1. The molecule has 0 spiro atoms. The van der Waals surface area contributed by atoms with E-state index in [0.29, 0.717) is 0 Å². The monoisotopic (exact) mass is 269 g/mol. The average Bonchev–Trinajstić information content (AvgIpc) is 2.56. The fraction of sp³-hybridized carbons (Fsp3) is 0.273. The summed E-state index contributed by atoms with van der Waals surface area (Å²) in [6, 6.07) is 3.64. The van der Waals surface area contributed by atoms with Crippen molar-refractivity contribution < 1.29 is 23.1 Å². The molecule has 1 heterocycles. The summed E-state index contributed by atoms with van der Waals surface area (Å²) >= 11 is 0. The first-order valence-corrected chi connectivity index (χ1v) is 7.03. The number of Topliss-reactive ketones (excluding diaryl/α,β-unsaturated/α-hetero) is 1. The van der Waals surface area contributed by atoms with Gasteiger partial charge < -0.3 is 10.0 Å². The number of phenols is 1. The maximum Gasteiger partial charge on any atom is 0.235 e. The lowest BCUT2D eigenvalue weighted by molar-refractivity contribution is -0.121. The highest BCUT2D eigenvalue weighted by Crippen LogP contribution is 2.32. The predicted molar refractivity (Wildman–Crippen MR) is 63.2 cm³/mol. The minimum atomic E-state index is -3.44. The standard InChI is InChI=1S/C11H11NO5S/c1-18(16,17)8-2-3-10(14)9(5-8)12-6-7(13)4-11(12)15/h2-3,5,14H,4,6H2,1H3. The first-order valence-electron chi connectivity index (χ1n) is 5.14. The van der Waals surface area contributed by atoms with Crippen LogP contribution in [0.15, 0.2) is 23.1 Å². The molecule has 2 rings (SSSR count). The van der Waals surface area contributed by atoms with Crippen molar-refractivity contribution in [1.82, 2.24) is 0 Å². The van der Waals surface area contributed by atoms with Gasteiger partial charge in [0.15, 0.2) is 15.6 Å². The fourth-order valence-electron chi connectivity index (χ4n) is 1.75. The van der Waals surface area contributed by atoms with Crippen LogP contribution in [-0.2, 0) is 19.4 Å². The minimum absolute atomic E-state index is 0.0116. The zero-order chi connectivity index (χ0) is 13.5. The second-order valence-electron chi connectivity index (χ2n) is 4.12. The lowest BCUT2D eigenvalue weighted by Gasteiger charge is -2.16. The Bertz CT molecular complexity index is 635. The van der Waals surface area contributed by atoms with Gasteiger partial charge >= 0.3 is 0 Å². The molecule has 6 nitrogen and oxygen atoms in total. The molecule has 0 atom stereocenters. The van der Waals surface area contributed by atoms with Crippen LogP contribution in [0, 0.1) is 0 Å². The van der Waals surface area contributed by atoms with Crippen LogP contribution in [0.5, 0.6) is 5.75 Å². The third-order valence-corrected chi connectivity index (χ3v) is 3.76. The first-order chi connectivity index (χ1) is 8.29. The van der Waals surface area contributed by atoms with Crippen molar-refractivity contribution in [2.45, 2.75) is 11.3 Å². The molecule has 0 unspecified atom stereocenters. The molecule has 18 heavy (non-hydrogen) atoms. The van der Waals surface area contributed by atoms with Gasteiger partial charge in [0.25, 0.3) is 0 Å². The van der Waals surface area contributed by atoms with E-state index in [1.165, 1.54) is 18.2 Å². The molecule has 96 valence electrons. The number of anilines is 1. The molecule has 1 N–H and O–H groups in total. The van der Waals surface area contributed by atoms with Crippen LogP contribution in [0.2, 0.25) is 0 Å². The number of aromatic hydroxyl groups is 1. The smallest absolute Gasteiger partial charge is 0.235 e. The van der Waals surface area contributed by atoms with Crippen LogP contribution < -0.4 is 4.90 Å². The molecule has 1 amide bonds. The number of benzene rings is 1. The predicted octanol–water partition coefficient (Wildman–Crippen LogP) is 0.102. The summed E-state index contributed by atoms with van der Waals surface area (Å²) in [6.45, 7) is -0.139. The van der Waals surface area contributed by atoms with Gasteiger partial charge in [0.1, 0.15) is 5.75 Å². The first kappa shape index (κ1) is 12.6. The van der Waals surface area contributed by atoms with Crippen molar-refractivity contribution in [3.05, 3.63) is 18.2 Å². The molecule has 1 fully saturated rings. The van der Waals surface area contributed by atoms with Crippen LogP contribution in [-0.4, -0.2) is 38.0 Å². The van der Waals surface area contributed by atoms with Gasteiger partial charge in [-0.25, -0.2) is 8.42 Å². The Kier molecular flexibility index (Phi) is 2.86. The number of hydrogen-bond donors (Lipinski definition) is 1. The normalized spacial score (nSPS) is 16.4. The molecule has 1 aliphatic heterocycles.